The molecule has 1 amide bonds. The third-order valence-corrected chi connectivity index (χ3v) is 4.05. The summed E-state index contributed by atoms with van der Waals surface area (Å²) in [5.74, 6) is 0.675. The molecule has 5 nitrogen and oxygen atoms in total. The van der Waals surface area contributed by atoms with Crippen molar-refractivity contribution >= 4 is 40.3 Å². The highest BCUT2D eigenvalue weighted by atomic mass is 35.5. The van der Waals surface area contributed by atoms with Crippen molar-refractivity contribution in [3.05, 3.63) is 63.9 Å². The SMILES string of the molecule is O=C(NCc1nc2ccccc2[nH]1)OCCc1ccc(Cl)cc1Cl. The fraction of sp³-hybridized carbons (Fsp3) is 0.176. The van der Waals surface area contributed by atoms with Gasteiger partial charge in [-0.2, -0.15) is 0 Å². The van der Waals surface area contributed by atoms with Crippen LogP contribution in [0, 0.1) is 0 Å². The van der Waals surface area contributed by atoms with Gasteiger partial charge in [-0.05, 0) is 29.8 Å². The number of carbonyl (C=O) groups is 1. The second kappa shape index (κ2) is 7.55. The van der Waals surface area contributed by atoms with E-state index in [1.165, 1.54) is 0 Å². The lowest BCUT2D eigenvalue weighted by molar-refractivity contribution is 0.146. The van der Waals surface area contributed by atoms with Gasteiger partial charge in [-0.3, -0.25) is 0 Å². The minimum absolute atomic E-state index is 0.229. The minimum Gasteiger partial charge on any atom is -0.449 e. The Morgan fingerprint density at radius 2 is 2.04 bits per heavy atom. The third kappa shape index (κ3) is 4.19. The van der Waals surface area contributed by atoms with Crippen molar-refractivity contribution in [2.24, 2.45) is 0 Å². The van der Waals surface area contributed by atoms with E-state index in [1.807, 2.05) is 30.3 Å². The van der Waals surface area contributed by atoms with Gasteiger partial charge in [-0.15, -0.1) is 0 Å². The Morgan fingerprint density at radius 3 is 2.83 bits per heavy atom. The summed E-state index contributed by atoms with van der Waals surface area (Å²) in [5.41, 5.74) is 2.67. The van der Waals surface area contributed by atoms with Gasteiger partial charge in [0, 0.05) is 16.5 Å². The summed E-state index contributed by atoms with van der Waals surface area (Å²) < 4.78 is 5.14. The van der Waals surface area contributed by atoms with Gasteiger partial charge in [0.2, 0.25) is 0 Å². The fourth-order valence-corrected chi connectivity index (χ4v) is 2.78. The molecule has 0 saturated carbocycles. The molecule has 7 heteroatoms. The van der Waals surface area contributed by atoms with Crippen LogP contribution in [0.1, 0.15) is 11.4 Å². The number of fused-ring (bicyclic) bond motifs is 1. The Labute approximate surface area is 148 Å². The molecule has 1 heterocycles. The van der Waals surface area contributed by atoms with E-state index in [9.17, 15) is 4.79 Å². The molecule has 2 N–H and O–H groups in total. The number of imidazole rings is 1. The van der Waals surface area contributed by atoms with Crippen molar-refractivity contribution in [1.29, 1.82) is 0 Å². The first-order valence-electron chi connectivity index (χ1n) is 7.40. The van der Waals surface area contributed by atoms with Crippen molar-refractivity contribution in [2.45, 2.75) is 13.0 Å². The van der Waals surface area contributed by atoms with Crippen LogP contribution in [0.4, 0.5) is 4.79 Å². The van der Waals surface area contributed by atoms with E-state index in [0.29, 0.717) is 22.3 Å². The lowest BCUT2D eigenvalue weighted by Gasteiger charge is -2.07. The predicted molar refractivity (Wildman–Crippen MR) is 94.4 cm³/mol. The smallest absolute Gasteiger partial charge is 0.407 e. The summed E-state index contributed by atoms with van der Waals surface area (Å²) in [4.78, 5) is 19.2. The lowest BCUT2D eigenvalue weighted by Crippen LogP contribution is -2.25. The van der Waals surface area contributed by atoms with Gasteiger partial charge in [-0.25, -0.2) is 9.78 Å². The molecule has 3 aromatic rings. The third-order valence-electron chi connectivity index (χ3n) is 3.46. The van der Waals surface area contributed by atoms with Crippen LogP contribution in [0.5, 0.6) is 0 Å². The number of nitrogens with zero attached hydrogens (tertiary/aromatic N) is 1. The van der Waals surface area contributed by atoms with E-state index in [0.717, 1.165) is 16.6 Å². The van der Waals surface area contributed by atoms with Crippen LogP contribution in [-0.2, 0) is 17.7 Å². The zero-order chi connectivity index (χ0) is 16.9. The highest BCUT2D eigenvalue weighted by Gasteiger charge is 2.07. The molecule has 3 rings (SSSR count). The number of halogens is 2. The quantitative estimate of drug-likeness (QED) is 0.708. The summed E-state index contributed by atoms with van der Waals surface area (Å²) in [7, 11) is 0. The molecule has 0 radical (unpaired) electrons. The van der Waals surface area contributed by atoms with Gasteiger partial charge in [-0.1, -0.05) is 41.4 Å². The Balaban J connectivity index is 1.45. The number of hydrogen-bond donors (Lipinski definition) is 2. The molecule has 0 fully saturated rings. The van der Waals surface area contributed by atoms with Crippen molar-refractivity contribution in [1.82, 2.24) is 15.3 Å². The molecular weight excluding hydrogens is 349 g/mol. The summed E-state index contributed by atoms with van der Waals surface area (Å²) in [6.45, 7) is 0.503. The molecule has 1 aromatic heterocycles. The molecule has 0 atom stereocenters. The number of amides is 1. The van der Waals surface area contributed by atoms with E-state index >= 15 is 0 Å². The van der Waals surface area contributed by atoms with Crippen molar-refractivity contribution in [2.75, 3.05) is 6.61 Å². The van der Waals surface area contributed by atoms with Crippen molar-refractivity contribution < 1.29 is 9.53 Å². The van der Waals surface area contributed by atoms with Crippen LogP contribution >= 0.6 is 23.2 Å². The van der Waals surface area contributed by atoms with Gasteiger partial charge in [0.1, 0.15) is 5.82 Å². The number of para-hydroxylation sites is 2. The molecule has 0 aliphatic rings. The van der Waals surface area contributed by atoms with E-state index in [-0.39, 0.29) is 13.2 Å². The molecule has 0 aliphatic carbocycles. The van der Waals surface area contributed by atoms with Crippen LogP contribution in [-0.4, -0.2) is 22.7 Å². The van der Waals surface area contributed by atoms with Crippen LogP contribution in [0.3, 0.4) is 0 Å². The van der Waals surface area contributed by atoms with E-state index in [4.69, 9.17) is 27.9 Å². The average molecular weight is 364 g/mol. The van der Waals surface area contributed by atoms with Gasteiger partial charge in [0.05, 0.1) is 24.2 Å². The normalized spacial score (nSPS) is 10.8. The molecule has 0 aliphatic heterocycles. The Kier molecular flexibility index (Phi) is 5.23. The number of carbonyl (C=O) groups excluding carboxylic acids is 1. The standard InChI is InChI=1S/C17H15Cl2N3O2/c18-12-6-5-11(13(19)9-12)7-8-24-17(23)20-10-16-21-14-3-1-2-4-15(14)22-16/h1-6,9H,7-8,10H2,(H,20,23)(H,21,22). The number of nitrogens with one attached hydrogen (secondary N) is 2. The average Bonchev–Trinajstić information content (AvgIpc) is 2.98. The number of alkyl carbamates (subject to hydrolysis) is 1. The molecule has 0 spiro atoms. The van der Waals surface area contributed by atoms with Crippen LogP contribution in [0.15, 0.2) is 42.5 Å². The zero-order valence-electron chi connectivity index (χ0n) is 12.7. The molecule has 24 heavy (non-hydrogen) atoms. The number of aromatic amines is 1. The number of aromatic nitrogens is 2. The predicted octanol–water partition coefficient (Wildman–Crippen LogP) is 4.34. The summed E-state index contributed by atoms with van der Waals surface area (Å²) >= 11 is 11.9. The first kappa shape index (κ1) is 16.6. The Morgan fingerprint density at radius 1 is 1.21 bits per heavy atom. The van der Waals surface area contributed by atoms with Gasteiger partial charge >= 0.3 is 6.09 Å². The number of benzene rings is 2. The molecule has 0 bridgehead atoms. The maximum absolute atomic E-state index is 11.7. The topological polar surface area (TPSA) is 67.0 Å². The maximum Gasteiger partial charge on any atom is 0.407 e. The van der Waals surface area contributed by atoms with Crippen molar-refractivity contribution in [3.8, 4) is 0 Å². The summed E-state index contributed by atoms with van der Waals surface area (Å²) in [6.07, 6.45) is 0.0224. The Bertz CT molecular complexity index is 831. The Hall–Kier alpha value is -2.24. The van der Waals surface area contributed by atoms with Crippen LogP contribution in [0.25, 0.3) is 11.0 Å². The number of rotatable bonds is 5. The second-order valence-corrected chi connectivity index (χ2v) is 6.02. The fourth-order valence-electron chi connectivity index (χ4n) is 2.27. The van der Waals surface area contributed by atoms with Gasteiger partial charge in [0.25, 0.3) is 0 Å². The molecule has 0 unspecified atom stereocenters. The minimum atomic E-state index is -0.499. The zero-order valence-corrected chi connectivity index (χ0v) is 14.2. The molecule has 0 saturated heterocycles. The lowest BCUT2D eigenvalue weighted by atomic mass is 10.2. The van der Waals surface area contributed by atoms with E-state index < -0.39 is 6.09 Å². The second-order valence-electron chi connectivity index (χ2n) is 5.18. The largest absolute Gasteiger partial charge is 0.449 e. The number of hydrogen-bond acceptors (Lipinski definition) is 3. The number of ether oxygens (including phenoxy) is 1. The summed E-state index contributed by atoms with van der Waals surface area (Å²) in [6, 6.07) is 12.9. The van der Waals surface area contributed by atoms with Gasteiger partial charge in [0.15, 0.2) is 0 Å². The molecule has 2 aromatic carbocycles. The van der Waals surface area contributed by atoms with E-state index in [2.05, 4.69) is 15.3 Å². The maximum atomic E-state index is 11.7. The van der Waals surface area contributed by atoms with E-state index in [1.54, 1.807) is 12.1 Å². The molecular formula is C17H15Cl2N3O2. The van der Waals surface area contributed by atoms with Crippen LogP contribution < -0.4 is 5.32 Å². The number of H-pyrrole nitrogens is 1. The van der Waals surface area contributed by atoms with Crippen LogP contribution in [0.2, 0.25) is 10.0 Å². The highest BCUT2D eigenvalue weighted by molar-refractivity contribution is 6.35. The highest BCUT2D eigenvalue weighted by Crippen LogP contribution is 2.21. The summed E-state index contributed by atoms with van der Waals surface area (Å²) in [5, 5.41) is 3.80. The van der Waals surface area contributed by atoms with Gasteiger partial charge < -0.3 is 15.0 Å². The first-order chi connectivity index (χ1) is 11.6. The first-order valence-corrected chi connectivity index (χ1v) is 8.15. The monoisotopic (exact) mass is 363 g/mol. The van der Waals surface area contributed by atoms with Crippen molar-refractivity contribution in [3.63, 3.8) is 0 Å². The molecule has 124 valence electrons.